The van der Waals surface area contributed by atoms with Crippen LogP contribution in [-0.2, 0) is 17.9 Å². The average Bonchev–Trinajstić information content (AvgIpc) is 3.08. The smallest absolute Gasteiger partial charge is 0.341 e. The maximum atomic E-state index is 13.5. The Bertz CT molecular complexity index is 1450. The summed E-state index contributed by atoms with van der Waals surface area (Å²) in [5.74, 6) is -3.03. The van der Waals surface area contributed by atoms with Gasteiger partial charge in [-0.05, 0) is 12.5 Å². The highest BCUT2D eigenvalue weighted by Crippen LogP contribution is 2.28. The third-order valence-electron chi connectivity index (χ3n) is 5.51. The predicted octanol–water partition coefficient (Wildman–Crippen LogP) is 3.17. The van der Waals surface area contributed by atoms with Crippen molar-refractivity contribution < 1.29 is 24.6 Å². The molecule has 8 nitrogen and oxygen atoms in total. The number of aromatic nitrogens is 2. The highest BCUT2D eigenvalue weighted by atomic mass is 16.4. The van der Waals surface area contributed by atoms with Gasteiger partial charge in [0.25, 0.3) is 0 Å². The Morgan fingerprint density at radius 2 is 1.48 bits per heavy atom. The van der Waals surface area contributed by atoms with Crippen LogP contribution in [0.15, 0.2) is 71.7 Å². The van der Waals surface area contributed by atoms with Crippen molar-refractivity contribution in [3.05, 3.63) is 105 Å². The van der Waals surface area contributed by atoms with Crippen LogP contribution in [0.4, 0.5) is 0 Å². The van der Waals surface area contributed by atoms with Crippen molar-refractivity contribution in [3.63, 3.8) is 0 Å². The maximum Gasteiger partial charge on any atom is 0.341 e. The van der Waals surface area contributed by atoms with Gasteiger partial charge in [0.2, 0.25) is 5.43 Å². The lowest BCUT2D eigenvalue weighted by molar-refractivity contribution is -0.137. The zero-order valence-corrected chi connectivity index (χ0v) is 17.7. The minimum absolute atomic E-state index is 0.120. The highest BCUT2D eigenvalue weighted by molar-refractivity contribution is 6.17. The van der Waals surface area contributed by atoms with Crippen LogP contribution >= 0.6 is 0 Å². The van der Waals surface area contributed by atoms with E-state index in [0.717, 1.165) is 5.56 Å². The van der Waals surface area contributed by atoms with Crippen LogP contribution in [0.1, 0.15) is 37.5 Å². The SMILES string of the molecule is Cc1c(C(=O)c2ccccc2)c2c(c(=O)c(C(=O)O)cn2Cc2ccccc2)n1CC(=O)O. The van der Waals surface area contributed by atoms with Gasteiger partial charge in [0.1, 0.15) is 17.6 Å². The third-order valence-corrected chi connectivity index (χ3v) is 5.51. The number of carboxylic acid groups (broad SMARTS) is 2. The summed E-state index contributed by atoms with van der Waals surface area (Å²) >= 11 is 0. The van der Waals surface area contributed by atoms with Gasteiger partial charge in [-0.2, -0.15) is 0 Å². The number of nitrogens with zero attached hydrogens (tertiary/aromatic N) is 2. The molecular weight excluding hydrogens is 424 g/mol. The van der Waals surface area contributed by atoms with E-state index in [9.17, 15) is 29.4 Å². The van der Waals surface area contributed by atoms with Crippen molar-refractivity contribution >= 4 is 28.8 Å². The molecule has 0 fully saturated rings. The van der Waals surface area contributed by atoms with Gasteiger partial charge < -0.3 is 19.3 Å². The molecule has 0 saturated carbocycles. The lowest BCUT2D eigenvalue weighted by Gasteiger charge is -2.12. The molecule has 2 aromatic heterocycles. The number of carboxylic acids is 2. The van der Waals surface area contributed by atoms with Crippen LogP contribution in [0.3, 0.4) is 0 Å². The largest absolute Gasteiger partial charge is 0.480 e. The molecule has 0 amide bonds. The van der Waals surface area contributed by atoms with Crippen LogP contribution in [0.5, 0.6) is 0 Å². The van der Waals surface area contributed by atoms with Gasteiger partial charge in [0.15, 0.2) is 5.78 Å². The number of hydrogen-bond acceptors (Lipinski definition) is 4. The molecule has 0 aliphatic rings. The number of carbonyl (C=O) groups is 3. The molecule has 0 bridgehead atoms. The molecule has 2 N–H and O–H groups in total. The summed E-state index contributed by atoms with van der Waals surface area (Å²) < 4.78 is 2.75. The van der Waals surface area contributed by atoms with E-state index < -0.39 is 29.5 Å². The molecular formula is C25H20N2O6. The third kappa shape index (κ3) is 3.94. The van der Waals surface area contributed by atoms with E-state index >= 15 is 0 Å². The zero-order valence-electron chi connectivity index (χ0n) is 17.7. The molecule has 0 atom stereocenters. The van der Waals surface area contributed by atoms with Crippen LogP contribution in [0.25, 0.3) is 11.0 Å². The number of benzene rings is 2. The van der Waals surface area contributed by atoms with E-state index in [1.807, 2.05) is 30.3 Å². The summed E-state index contributed by atoms with van der Waals surface area (Å²) in [6.45, 7) is 1.16. The molecule has 2 aromatic carbocycles. The molecule has 0 radical (unpaired) electrons. The van der Waals surface area contributed by atoms with Gasteiger partial charge >= 0.3 is 11.9 Å². The van der Waals surface area contributed by atoms with Crippen LogP contribution < -0.4 is 5.43 Å². The second kappa shape index (κ2) is 8.58. The van der Waals surface area contributed by atoms with Gasteiger partial charge in [-0.1, -0.05) is 60.7 Å². The summed E-state index contributed by atoms with van der Waals surface area (Å²) in [7, 11) is 0. The number of carbonyl (C=O) groups excluding carboxylic acids is 1. The molecule has 0 aliphatic heterocycles. The summed E-state index contributed by atoms with van der Waals surface area (Å²) in [5.41, 5.74) is 0.396. The molecule has 0 saturated heterocycles. The summed E-state index contributed by atoms with van der Waals surface area (Å²) in [4.78, 5) is 50.1. The molecule has 4 rings (SSSR count). The average molecular weight is 444 g/mol. The Balaban J connectivity index is 2.12. The van der Waals surface area contributed by atoms with E-state index in [4.69, 9.17) is 0 Å². The number of ketones is 1. The lowest BCUT2D eigenvalue weighted by Crippen LogP contribution is -2.22. The van der Waals surface area contributed by atoms with Crippen molar-refractivity contribution in [3.8, 4) is 0 Å². The standard InChI is InChI=1S/C25H20N2O6/c1-15-20(23(30)17-10-6-3-7-11-17)21-22(27(15)14-19(28)29)24(31)18(25(32)33)13-26(21)12-16-8-4-2-5-9-16/h2-11,13H,12,14H2,1H3,(H,28,29)(H,32,33). The maximum absolute atomic E-state index is 13.5. The van der Waals surface area contributed by atoms with E-state index in [0.29, 0.717) is 5.56 Å². The molecule has 0 unspecified atom stereocenters. The molecule has 4 aromatic rings. The van der Waals surface area contributed by atoms with E-state index in [1.165, 1.54) is 15.3 Å². The number of hydrogen-bond donors (Lipinski definition) is 2. The fourth-order valence-electron chi connectivity index (χ4n) is 4.03. The molecule has 0 aliphatic carbocycles. The second-order valence-electron chi connectivity index (χ2n) is 7.62. The predicted molar refractivity (Wildman–Crippen MR) is 121 cm³/mol. The summed E-state index contributed by atoms with van der Waals surface area (Å²) in [5, 5.41) is 19.1. The molecule has 33 heavy (non-hydrogen) atoms. The van der Waals surface area contributed by atoms with Gasteiger partial charge in [0.05, 0.1) is 11.1 Å². The number of fused-ring (bicyclic) bond motifs is 1. The normalized spacial score (nSPS) is 10.9. The van der Waals surface area contributed by atoms with E-state index in [2.05, 4.69) is 0 Å². The van der Waals surface area contributed by atoms with Crippen molar-refractivity contribution in [1.82, 2.24) is 9.13 Å². The van der Waals surface area contributed by atoms with Crippen molar-refractivity contribution in [2.24, 2.45) is 0 Å². The Kier molecular flexibility index (Phi) is 5.66. The zero-order chi connectivity index (χ0) is 23.7. The number of aromatic carboxylic acids is 1. The minimum atomic E-state index is -1.43. The minimum Gasteiger partial charge on any atom is -0.480 e. The number of aliphatic carboxylic acids is 1. The van der Waals surface area contributed by atoms with Gasteiger partial charge in [-0.3, -0.25) is 14.4 Å². The fraction of sp³-hybridized carbons (Fsp3) is 0.120. The summed E-state index contributed by atoms with van der Waals surface area (Å²) in [6, 6.07) is 17.6. The second-order valence-corrected chi connectivity index (χ2v) is 7.62. The summed E-state index contributed by atoms with van der Waals surface area (Å²) in [6.07, 6.45) is 1.21. The Morgan fingerprint density at radius 1 is 0.879 bits per heavy atom. The number of rotatable bonds is 7. The van der Waals surface area contributed by atoms with Crippen molar-refractivity contribution in [1.29, 1.82) is 0 Å². The van der Waals surface area contributed by atoms with E-state index in [-0.39, 0.29) is 34.6 Å². The fourth-order valence-corrected chi connectivity index (χ4v) is 4.03. The Morgan fingerprint density at radius 3 is 2.06 bits per heavy atom. The quantitative estimate of drug-likeness (QED) is 0.423. The Hall–Kier alpha value is -4.46. The molecule has 8 heteroatoms. The van der Waals surface area contributed by atoms with Crippen molar-refractivity contribution in [2.45, 2.75) is 20.0 Å². The van der Waals surface area contributed by atoms with Crippen molar-refractivity contribution in [2.75, 3.05) is 0 Å². The van der Waals surface area contributed by atoms with Gasteiger partial charge in [0, 0.05) is 24.0 Å². The first-order valence-electron chi connectivity index (χ1n) is 10.1. The monoisotopic (exact) mass is 444 g/mol. The van der Waals surface area contributed by atoms with Crippen LogP contribution in [-0.4, -0.2) is 37.1 Å². The molecule has 2 heterocycles. The van der Waals surface area contributed by atoms with Crippen LogP contribution in [0, 0.1) is 6.92 Å². The first-order valence-corrected chi connectivity index (χ1v) is 10.1. The highest BCUT2D eigenvalue weighted by Gasteiger charge is 2.28. The molecule has 166 valence electrons. The van der Waals surface area contributed by atoms with Gasteiger partial charge in [-0.15, -0.1) is 0 Å². The number of pyridine rings is 1. The Labute approximate surface area is 188 Å². The lowest BCUT2D eigenvalue weighted by atomic mass is 10.0. The van der Waals surface area contributed by atoms with Gasteiger partial charge in [-0.25, -0.2) is 4.79 Å². The van der Waals surface area contributed by atoms with E-state index in [1.54, 1.807) is 37.3 Å². The topological polar surface area (TPSA) is 119 Å². The molecule has 0 spiro atoms. The van der Waals surface area contributed by atoms with Crippen LogP contribution in [0.2, 0.25) is 0 Å². The first kappa shape index (κ1) is 21.8. The first-order chi connectivity index (χ1) is 15.8.